The first kappa shape index (κ1) is 19.2. The standard InChI is InChI=1S/C16H22N2O4S.ClH/c1-22-16(19)13-4-2-3-12(9-13)11-23(20,21)18-8-6-15-14(10-18)5-7-17-15;/h2-4,9,14-15,17H,5-8,10-11H2,1H3;1H. The molecule has 0 saturated carbocycles. The number of hydrogen-bond donors (Lipinski definition) is 1. The number of methoxy groups -OCH3 is 1. The second-order valence-corrected chi connectivity index (χ2v) is 8.17. The van der Waals surface area contributed by atoms with E-state index >= 15 is 0 Å². The Labute approximate surface area is 149 Å². The summed E-state index contributed by atoms with van der Waals surface area (Å²) < 4.78 is 31.6. The smallest absolute Gasteiger partial charge is 0.337 e. The Morgan fingerprint density at radius 3 is 2.92 bits per heavy atom. The van der Waals surface area contributed by atoms with Gasteiger partial charge in [-0.15, -0.1) is 12.4 Å². The number of carbonyl (C=O) groups is 1. The summed E-state index contributed by atoms with van der Waals surface area (Å²) in [6.07, 6.45) is 1.90. The predicted molar refractivity (Wildman–Crippen MR) is 93.7 cm³/mol. The largest absolute Gasteiger partial charge is 0.465 e. The van der Waals surface area contributed by atoms with E-state index in [1.807, 2.05) is 0 Å². The van der Waals surface area contributed by atoms with Crippen molar-refractivity contribution in [3.05, 3.63) is 35.4 Å². The molecule has 2 aliphatic rings. The first-order valence-electron chi connectivity index (χ1n) is 7.88. The molecule has 2 unspecified atom stereocenters. The van der Waals surface area contributed by atoms with Crippen LogP contribution < -0.4 is 5.32 Å². The quantitative estimate of drug-likeness (QED) is 0.806. The molecule has 2 saturated heterocycles. The number of nitrogens with one attached hydrogen (secondary N) is 1. The van der Waals surface area contributed by atoms with Gasteiger partial charge in [-0.05, 0) is 43.0 Å². The van der Waals surface area contributed by atoms with Gasteiger partial charge in [-0.1, -0.05) is 12.1 Å². The first-order valence-corrected chi connectivity index (χ1v) is 9.49. The maximum Gasteiger partial charge on any atom is 0.337 e. The number of rotatable bonds is 4. The van der Waals surface area contributed by atoms with E-state index in [1.165, 1.54) is 7.11 Å². The van der Waals surface area contributed by atoms with E-state index < -0.39 is 16.0 Å². The van der Waals surface area contributed by atoms with E-state index in [0.717, 1.165) is 19.4 Å². The SMILES string of the molecule is COC(=O)c1cccc(CS(=O)(=O)N2CCC3NCCC3C2)c1.Cl. The first-order chi connectivity index (χ1) is 11.0. The van der Waals surface area contributed by atoms with Crippen molar-refractivity contribution in [1.29, 1.82) is 0 Å². The molecule has 2 aliphatic heterocycles. The second kappa shape index (κ2) is 7.82. The van der Waals surface area contributed by atoms with Crippen LogP contribution in [0.1, 0.15) is 28.8 Å². The maximum absolute atomic E-state index is 12.7. The highest BCUT2D eigenvalue weighted by atomic mass is 35.5. The highest BCUT2D eigenvalue weighted by molar-refractivity contribution is 7.88. The molecule has 0 aromatic heterocycles. The van der Waals surface area contributed by atoms with Crippen molar-refractivity contribution in [3.63, 3.8) is 0 Å². The van der Waals surface area contributed by atoms with Gasteiger partial charge in [0.25, 0.3) is 0 Å². The highest BCUT2D eigenvalue weighted by Gasteiger charge is 2.36. The molecular formula is C16H23ClN2O4S. The van der Waals surface area contributed by atoms with Crippen LogP contribution in [0, 0.1) is 5.92 Å². The number of nitrogens with zero attached hydrogens (tertiary/aromatic N) is 1. The summed E-state index contributed by atoms with van der Waals surface area (Å²) in [6, 6.07) is 7.09. The van der Waals surface area contributed by atoms with Gasteiger partial charge in [-0.2, -0.15) is 0 Å². The van der Waals surface area contributed by atoms with Crippen LogP contribution >= 0.6 is 12.4 Å². The molecule has 134 valence electrons. The van der Waals surface area contributed by atoms with Crippen LogP contribution in [0.2, 0.25) is 0 Å². The number of sulfonamides is 1. The van der Waals surface area contributed by atoms with Gasteiger partial charge in [-0.3, -0.25) is 0 Å². The van der Waals surface area contributed by atoms with Crippen LogP contribution in [-0.2, 0) is 20.5 Å². The normalized spacial score (nSPS) is 24.0. The Hall–Kier alpha value is -1.15. The average Bonchev–Trinajstić information content (AvgIpc) is 3.01. The van der Waals surface area contributed by atoms with Crippen molar-refractivity contribution in [2.45, 2.75) is 24.6 Å². The van der Waals surface area contributed by atoms with Crippen molar-refractivity contribution < 1.29 is 17.9 Å². The minimum atomic E-state index is -3.37. The molecule has 6 nitrogen and oxygen atoms in total. The van der Waals surface area contributed by atoms with Crippen LogP contribution in [0.4, 0.5) is 0 Å². The Morgan fingerprint density at radius 2 is 2.17 bits per heavy atom. The number of ether oxygens (including phenoxy) is 1. The van der Waals surface area contributed by atoms with Gasteiger partial charge in [0.2, 0.25) is 10.0 Å². The lowest BCUT2D eigenvalue weighted by Gasteiger charge is -2.34. The third-order valence-electron chi connectivity index (χ3n) is 4.71. The Morgan fingerprint density at radius 1 is 1.38 bits per heavy atom. The molecular weight excluding hydrogens is 352 g/mol. The van der Waals surface area contributed by atoms with Crippen molar-refractivity contribution >= 4 is 28.4 Å². The topological polar surface area (TPSA) is 75.7 Å². The molecule has 1 aromatic carbocycles. The third-order valence-corrected chi connectivity index (χ3v) is 6.53. The number of fused-ring (bicyclic) bond motifs is 1. The van der Waals surface area contributed by atoms with Crippen molar-refractivity contribution in [2.24, 2.45) is 5.92 Å². The lowest BCUT2D eigenvalue weighted by molar-refractivity contribution is 0.0600. The van der Waals surface area contributed by atoms with E-state index in [2.05, 4.69) is 10.1 Å². The summed E-state index contributed by atoms with van der Waals surface area (Å²) in [4.78, 5) is 11.6. The lowest BCUT2D eigenvalue weighted by Crippen LogP contribution is -2.47. The fourth-order valence-electron chi connectivity index (χ4n) is 3.47. The van der Waals surface area contributed by atoms with Crippen LogP contribution in [0.15, 0.2) is 24.3 Å². The van der Waals surface area contributed by atoms with Crippen LogP contribution in [0.25, 0.3) is 0 Å². The van der Waals surface area contributed by atoms with Gasteiger partial charge in [0.05, 0.1) is 18.4 Å². The number of halogens is 1. The van der Waals surface area contributed by atoms with E-state index in [4.69, 9.17) is 0 Å². The molecule has 1 aromatic rings. The van der Waals surface area contributed by atoms with E-state index in [9.17, 15) is 13.2 Å². The minimum Gasteiger partial charge on any atom is -0.465 e. The summed E-state index contributed by atoms with van der Waals surface area (Å²) in [5, 5.41) is 3.43. The number of esters is 1. The molecule has 2 fully saturated rings. The Balaban J connectivity index is 0.00000208. The molecule has 0 bridgehead atoms. The summed E-state index contributed by atoms with van der Waals surface area (Å²) in [7, 11) is -2.06. The lowest BCUT2D eigenvalue weighted by atomic mass is 9.95. The van der Waals surface area contributed by atoms with Gasteiger partial charge in [0.1, 0.15) is 0 Å². The van der Waals surface area contributed by atoms with Gasteiger partial charge in [-0.25, -0.2) is 17.5 Å². The van der Waals surface area contributed by atoms with E-state index in [0.29, 0.717) is 36.2 Å². The number of piperidine rings is 1. The molecule has 0 spiro atoms. The fraction of sp³-hybridized carbons (Fsp3) is 0.562. The monoisotopic (exact) mass is 374 g/mol. The van der Waals surface area contributed by atoms with Crippen molar-refractivity contribution in [1.82, 2.24) is 9.62 Å². The van der Waals surface area contributed by atoms with Gasteiger partial charge < -0.3 is 10.1 Å². The molecule has 0 aliphatic carbocycles. The van der Waals surface area contributed by atoms with Crippen molar-refractivity contribution in [3.8, 4) is 0 Å². The van der Waals surface area contributed by atoms with Gasteiger partial charge in [0.15, 0.2) is 0 Å². The van der Waals surface area contributed by atoms with E-state index in [1.54, 1.807) is 28.6 Å². The van der Waals surface area contributed by atoms with Crippen LogP contribution in [0.5, 0.6) is 0 Å². The zero-order valence-corrected chi connectivity index (χ0v) is 15.2. The number of hydrogen-bond acceptors (Lipinski definition) is 5. The van der Waals surface area contributed by atoms with E-state index in [-0.39, 0.29) is 18.2 Å². The molecule has 3 rings (SSSR count). The zero-order valence-electron chi connectivity index (χ0n) is 13.6. The second-order valence-electron chi connectivity index (χ2n) is 6.20. The van der Waals surface area contributed by atoms with Gasteiger partial charge >= 0.3 is 5.97 Å². The van der Waals surface area contributed by atoms with Crippen LogP contribution in [-0.4, -0.2) is 51.5 Å². The summed E-state index contributed by atoms with van der Waals surface area (Å²) >= 11 is 0. The zero-order chi connectivity index (χ0) is 16.4. The molecule has 24 heavy (non-hydrogen) atoms. The molecule has 0 radical (unpaired) electrons. The molecule has 1 N–H and O–H groups in total. The Kier molecular flexibility index (Phi) is 6.25. The Bertz CT molecular complexity index is 695. The minimum absolute atomic E-state index is 0. The average molecular weight is 375 g/mol. The van der Waals surface area contributed by atoms with Crippen LogP contribution in [0.3, 0.4) is 0 Å². The highest BCUT2D eigenvalue weighted by Crippen LogP contribution is 2.27. The summed E-state index contributed by atoms with van der Waals surface area (Å²) in [6.45, 7) is 2.13. The number of carbonyl (C=O) groups excluding carboxylic acids is 1. The predicted octanol–water partition coefficient (Wildman–Crippen LogP) is 1.41. The number of benzene rings is 1. The maximum atomic E-state index is 12.7. The summed E-state index contributed by atoms with van der Waals surface area (Å²) in [5.74, 6) is -0.121. The molecule has 0 amide bonds. The summed E-state index contributed by atoms with van der Waals surface area (Å²) in [5.41, 5.74) is 0.985. The van der Waals surface area contributed by atoms with Gasteiger partial charge in [0, 0.05) is 19.1 Å². The fourth-order valence-corrected chi connectivity index (χ4v) is 5.06. The van der Waals surface area contributed by atoms with Crippen molar-refractivity contribution in [2.75, 3.05) is 26.7 Å². The molecule has 2 heterocycles. The molecule has 8 heteroatoms. The molecule has 2 atom stereocenters. The third kappa shape index (κ3) is 4.08.